The van der Waals surface area contributed by atoms with Crippen molar-refractivity contribution in [2.75, 3.05) is 18.5 Å². The minimum atomic E-state index is -0.241. The molecule has 0 saturated carbocycles. The van der Waals surface area contributed by atoms with Gasteiger partial charge in [0.05, 0.1) is 11.7 Å². The van der Waals surface area contributed by atoms with E-state index < -0.39 is 0 Å². The van der Waals surface area contributed by atoms with Crippen molar-refractivity contribution in [2.24, 2.45) is 5.73 Å². The number of nitrogens with zero attached hydrogens (tertiary/aromatic N) is 2. The lowest BCUT2D eigenvalue weighted by Crippen LogP contribution is -2.31. The van der Waals surface area contributed by atoms with E-state index in [1.807, 2.05) is 30.1 Å². The van der Waals surface area contributed by atoms with Crippen molar-refractivity contribution in [1.82, 2.24) is 4.98 Å². The molecule has 0 aliphatic heterocycles. The van der Waals surface area contributed by atoms with Crippen LogP contribution in [0.3, 0.4) is 0 Å². The van der Waals surface area contributed by atoms with Crippen molar-refractivity contribution in [2.45, 2.75) is 6.04 Å². The van der Waals surface area contributed by atoms with Gasteiger partial charge in [-0.1, -0.05) is 6.07 Å². The van der Waals surface area contributed by atoms with Crippen molar-refractivity contribution in [3.05, 3.63) is 60.2 Å². The highest BCUT2D eigenvalue weighted by atomic mass is 19.1. The normalized spacial score (nSPS) is 12.2. The molecular weight excluding hydrogens is 229 g/mol. The Morgan fingerprint density at radius 1 is 1.22 bits per heavy atom. The van der Waals surface area contributed by atoms with Crippen LogP contribution in [0.15, 0.2) is 48.7 Å². The Morgan fingerprint density at radius 3 is 2.50 bits per heavy atom. The summed E-state index contributed by atoms with van der Waals surface area (Å²) in [6, 6.07) is 12.1. The number of likely N-dealkylation sites (N-methyl/N-ethyl adjacent to an activating group) is 1. The van der Waals surface area contributed by atoms with Crippen molar-refractivity contribution < 1.29 is 4.39 Å². The molecule has 2 aromatic rings. The Hall–Kier alpha value is -1.94. The van der Waals surface area contributed by atoms with E-state index in [0.29, 0.717) is 6.54 Å². The molecule has 0 aliphatic rings. The van der Waals surface area contributed by atoms with Crippen LogP contribution in [-0.4, -0.2) is 18.6 Å². The van der Waals surface area contributed by atoms with E-state index >= 15 is 0 Å². The summed E-state index contributed by atoms with van der Waals surface area (Å²) in [6.45, 7) is 0.449. The maximum atomic E-state index is 12.9. The van der Waals surface area contributed by atoms with Gasteiger partial charge in [0, 0.05) is 25.5 Å². The molecule has 0 saturated heterocycles. The fourth-order valence-electron chi connectivity index (χ4n) is 1.91. The highest BCUT2D eigenvalue weighted by molar-refractivity contribution is 5.47. The van der Waals surface area contributed by atoms with Crippen LogP contribution in [0.4, 0.5) is 10.1 Å². The molecule has 94 valence electrons. The van der Waals surface area contributed by atoms with Crippen LogP contribution in [-0.2, 0) is 0 Å². The Labute approximate surface area is 106 Å². The maximum absolute atomic E-state index is 12.9. The zero-order valence-corrected chi connectivity index (χ0v) is 10.3. The molecule has 18 heavy (non-hydrogen) atoms. The van der Waals surface area contributed by atoms with E-state index in [-0.39, 0.29) is 11.9 Å². The van der Waals surface area contributed by atoms with Gasteiger partial charge in [0.1, 0.15) is 5.82 Å². The van der Waals surface area contributed by atoms with Crippen molar-refractivity contribution in [3.63, 3.8) is 0 Å². The second-order valence-corrected chi connectivity index (χ2v) is 4.09. The van der Waals surface area contributed by atoms with E-state index in [1.54, 1.807) is 18.3 Å². The number of nitrogens with two attached hydrogens (primary N) is 1. The second-order valence-electron chi connectivity index (χ2n) is 4.09. The summed E-state index contributed by atoms with van der Waals surface area (Å²) in [5, 5.41) is 0. The quantitative estimate of drug-likeness (QED) is 0.899. The van der Waals surface area contributed by atoms with Gasteiger partial charge in [-0.15, -0.1) is 0 Å². The predicted octanol–water partition coefficient (Wildman–Crippen LogP) is 2.36. The summed E-state index contributed by atoms with van der Waals surface area (Å²) < 4.78 is 12.9. The molecule has 3 nitrogen and oxygen atoms in total. The van der Waals surface area contributed by atoms with Crippen LogP contribution >= 0.6 is 0 Å². The summed E-state index contributed by atoms with van der Waals surface area (Å²) in [7, 11) is 1.93. The highest BCUT2D eigenvalue weighted by Crippen LogP contribution is 2.23. The number of benzene rings is 1. The molecule has 0 bridgehead atoms. The lowest BCUT2D eigenvalue weighted by Gasteiger charge is -2.28. The molecule has 1 atom stereocenters. The number of aromatic nitrogens is 1. The Bertz CT molecular complexity index is 484. The molecule has 0 radical (unpaired) electrons. The summed E-state index contributed by atoms with van der Waals surface area (Å²) in [5.41, 5.74) is 7.64. The van der Waals surface area contributed by atoms with Crippen LogP contribution < -0.4 is 10.6 Å². The first kappa shape index (κ1) is 12.5. The summed E-state index contributed by atoms with van der Waals surface area (Å²) in [4.78, 5) is 6.32. The molecule has 4 heteroatoms. The number of hydrogen-bond acceptors (Lipinski definition) is 3. The number of pyridine rings is 1. The molecule has 1 aromatic heterocycles. The third-order valence-electron chi connectivity index (χ3n) is 2.95. The fourth-order valence-corrected chi connectivity index (χ4v) is 1.91. The molecule has 2 N–H and O–H groups in total. The van der Waals surface area contributed by atoms with Crippen LogP contribution in [0, 0.1) is 5.82 Å². The van der Waals surface area contributed by atoms with E-state index in [1.165, 1.54) is 12.1 Å². The standard InChI is InChI=1S/C14H16FN3/c1-18(12-7-5-11(15)6-8-12)14(10-16)13-4-2-3-9-17-13/h2-9,14H,10,16H2,1H3. The maximum Gasteiger partial charge on any atom is 0.123 e. The van der Waals surface area contributed by atoms with Crippen LogP contribution in [0.5, 0.6) is 0 Å². The Morgan fingerprint density at radius 2 is 1.94 bits per heavy atom. The second kappa shape index (κ2) is 5.60. The van der Waals surface area contributed by atoms with Crippen molar-refractivity contribution in [3.8, 4) is 0 Å². The first-order valence-electron chi connectivity index (χ1n) is 5.82. The van der Waals surface area contributed by atoms with Gasteiger partial charge in [0.25, 0.3) is 0 Å². The first-order chi connectivity index (χ1) is 8.72. The molecule has 0 amide bonds. The average Bonchev–Trinajstić information content (AvgIpc) is 2.41. The van der Waals surface area contributed by atoms with Gasteiger partial charge >= 0.3 is 0 Å². The zero-order chi connectivity index (χ0) is 13.0. The van der Waals surface area contributed by atoms with E-state index in [9.17, 15) is 4.39 Å². The lowest BCUT2D eigenvalue weighted by molar-refractivity contribution is 0.625. The molecule has 0 fully saturated rings. The number of anilines is 1. The van der Waals surface area contributed by atoms with Crippen molar-refractivity contribution in [1.29, 1.82) is 0 Å². The largest absolute Gasteiger partial charge is 0.365 e. The summed E-state index contributed by atoms with van der Waals surface area (Å²) in [6.07, 6.45) is 1.75. The highest BCUT2D eigenvalue weighted by Gasteiger charge is 2.16. The molecule has 1 aromatic carbocycles. The lowest BCUT2D eigenvalue weighted by atomic mass is 10.1. The van der Waals surface area contributed by atoms with Gasteiger partial charge in [-0.05, 0) is 36.4 Å². The third-order valence-corrected chi connectivity index (χ3v) is 2.95. The van der Waals surface area contributed by atoms with Crippen LogP contribution in [0.1, 0.15) is 11.7 Å². The monoisotopic (exact) mass is 245 g/mol. The van der Waals surface area contributed by atoms with Crippen LogP contribution in [0.25, 0.3) is 0 Å². The number of halogens is 1. The smallest absolute Gasteiger partial charge is 0.123 e. The zero-order valence-electron chi connectivity index (χ0n) is 10.3. The SMILES string of the molecule is CN(c1ccc(F)cc1)C(CN)c1ccccn1. The summed E-state index contributed by atoms with van der Waals surface area (Å²) in [5.74, 6) is -0.241. The van der Waals surface area contributed by atoms with Gasteiger partial charge in [-0.3, -0.25) is 4.98 Å². The predicted molar refractivity (Wildman–Crippen MR) is 70.8 cm³/mol. The topological polar surface area (TPSA) is 42.1 Å². The van der Waals surface area contributed by atoms with Gasteiger partial charge in [-0.25, -0.2) is 4.39 Å². The first-order valence-corrected chi connectivity index (χ1v) is 5.82. The molecule has 0 aliphatic carbocycles. The molecule has 1 unspecified atom stereocenters. The molecule has 2 rings (SSSR count). The number of hydrogen-bond donors (Lipinski definition) is 1. The van der Waals surface area contributed by atoms with Crippen molar-refractivity contribution >= 4 is 5.69 Å². The van der Waals surface area contributed by atoms with Gasteiger partial charge in [0.2, 0.25) is 0 Å². The minimum absolute atomic E-state index is 0.0170. The minimum Gasteiger partial charge on any atom is -0.365 e. The van der Waals surface area contributed by atoms with Gasteiger partial charge in [0.15, 0.2) is 0 Å². The Kier molecular flexibility index (Phi) is 3.89. The van der Waals surface area contributed by atoms with Crippen LogP contribution in [0.2, 0.25) is 0 Å². The fraction of sp³-hybridized carbons (Fsp3) is 0.214. The number of rotatable bonds is 4. The molecule has 1 heterocycles. The molecule has 0 spiro atoms. The third kappa shape index (κ3) is 2.65. The van der Waals surface area contributed by atoms with E-state index in [2.05, 4.69) is 4.98 Å². The Balaban J connectivity index is 2.25. The van der Waals surface area contributed by atoms with E-state index in [4.69, 9.17) is 5.73 Å². The molecular formula is C14H16FN3. The average molecular weight is 245 g/mol. The summed E-state index contributed by atoms with van der Waals surface area (Å²) >= 11 is 0. The van der Waals surface area contributed by atoms with E-state index in [0.717, 1.165) is 11.4 Å². The van der Waals surface area contributed by atoms with Gasteiger partial charge in [-0.2, -0.15) is 0 Å². The van der Waals surface area contributed by atoms with Gasteiger partial charge < -0.3 is 10.6 Å².